The van der Waals surface area contributed by atoms with E-state index in [1.165, 1.54) is 11.8 Å². The summed E-state index contributed by atoms with van der Waals surface area (Å²) < 4.78 is 46.6. The van der Waals surface area contributed by atoms with E-state index in [0.29, 0.717) is 54.1 Å². The highest BCUT2D eigenvalue weighted by Crippen LogP contribution is 2.40. The number of aromatic nitrogens is 1. The molecular weight excluding hydrogens is 661 g/mol. The number of hydrogen-bond acceptors (Lipinski definition) is 7. The second-order valence-corrected chi connectivity index (χ2v) is 12.7. The number of fused-ring (bicyclic) bond motifs is 1. The average Bonchev–Trinajstić information content (AvgIpc) is 3.43. The summed E-state index contributed by atoms with van der Waals surface area (Å²) in [6.45, 7) is 3.14. The average molecular weight is 699 g/mol. The molecule has 1 saturated heterocycles. The van der Waals surface area contributed by atoms with Crippen LogP contribution in [0.2, 0.25) is 5.02 Å². The van der Waals surface area contributed by atoms with E-state index in [2.05, 4.69) is 4.98 Å². The molecule has 0 spiro atoms. The highest BCUT2D eigenvalue weighted by Gasteiger charge is 2.41. The Balaban J connectivity index is 1.40. The fraction of sp³-hybridized carbons (Fsp3) is 0.371. The van der Waals surface area contributed by atoms with E-state index in [4.69, 9.17) is 16.3 Å². The summed E-state index contributed by atoms with van der Waals surface area (Å²) in [7, 11) is 7.19. The summed E-state index contributed by atoms with van der Waals surface area (Å²) in [5.41, 5.74) is 1.59. The highest BCUT2D eigenvalue weighted by molar-refractivity contribution is 6.34. The van der Waals surface area contributed by atoms with E-state index in [1.54, 1.807) is 36.2 Å². The number of amides is 3. The topological polar surface area (TPSA) is 89.5 Å². The summed E-state index contributed by atoms with van der Waals surface area (Å²) in [6, 6.07) is 11.3. The molecule has 0 radical (unpaired) electrons. The lowest BCUT2D eigenvalue weighted by Crippen LogP contribution is -2.46. The van der Waals surface area contributed by atoms with Gasteiger partial charge in [0.2, 0.25) is 11.8 Å². The van der Waals surface area contributed by atoms with Crippen LogP contribution in [0.5, 0.6) is 5.75 Å². The summed E-state index contributed by atoms with van der Waals surface area (Å²) in [5, 5.41) is 0.360. The molecule has 49 heavy (non-hydrogen) atoms. The second-order valence-electron chi connectivity index (χ2n) is 12.3. The van der Waals surface area contributed by atoms with Crippen molar-refractivity contribution in [2.45, 2.75) is 38.5 Å². The normalized spacial score (nSPS) is 16.3. The molecule has 0 saturated carbocycles. The van der Waals surface area contributed by atoms with Crippen LogP contribution < -0.4 is 24.3 Å². The number of carbonyl (C=O) groups excluding carboxylic acids is 3. The number of halogens is 4. The Morgan fingerprint density at radius 2 is 1.86 bits per heavy atom. The fourth-order valence-electron chi connectivity index (χ4n) is 6.04. The second kappa shape index (κ2) is 14.5. The third-order valence-corrected chi connectivity index (χ3v) is 8.66. The van der Waals surface area contributed by atoms with E-state index in [9.17, 15) is 27.6 Å². The van der Waals surface area contributed by atoms with Crippen molar-refractivity contribution >= 4 is 52.2 Å². The maximum absolute atomic E-state index is 14.0. The van der Waals surface area contributed by atoms with E-state index < -0.39 is 29.6 Å². The molecule has 1 aromatic heterocycles. The van der Waals surface area contributed by atoms with Gasteiger partial charge in [-0.25, -0.2) is 4.98 Å². The number of likely N-dealkylation sites (N-methyl/N-ethyl adjacent to an activating group) is 2. The summed E-state index contributed by atoms with van der Waals surface area (Å²) >= 11 is 6.73. The SMILES string of the molecule is Cc1cc(C(F)(F)F)cc(N2C(=O)CCC2C(=O)N(C)c2cccc(Cl)c2N(C)Cc2ccc3c(c2)N(C(=O)/C=C/CN(C)C)CCO3)n1. The van der Waals surface area contributed by atoms with Gasteiger partial charge >= 0.3 is 6.18 Å². The Morgan fingerprint density at radius 1 is 1.10 bits per heavy atom. The van der Waals surface area contributed by atoms with Gasteiger partial charge < -0.3 is 24.3 Å². The predicted octanol–water partition coefficient (Wildman–Crippen LogP) is 5.70. The lowest BCUT2D eigenvalue weighted by molar-refractivity contribution is -0.137. The van der Waals surface area contributed by atoms with Gasteiger partial charge in [-0.1, -0.05) is 29.8 Å². The van der Waals surface area contributed by atoms with Gasteiger partial charge in [-0.2, -0.15) is 13.2 Å². The molecule has 1 atom stereocenters. The molecule has 2 aliphatic rings. The van der Waals surface area contributed by atoms with Gasteiger partial charge in [0.15, 0.2) is 0 Å². The van der Waals surface area contributed by atoms with Crippen LogP contribution in [-0.2, 0) is 27.1 Å². The maximum atomic E-state index is 14.0. The largest absolute Gasteiger partial charge is 0.490 e. The van der Waals surface area contributed by atoms with Gasteiger partial charge in [0, 0.05) is 45.4 Å². The minimum atomic E-state index is -4.65. The first kappa shape index (κ1) is 35.7. The number of para-hydroxylation sites is 1. The Kier molecular flexibility index (Phi) is 10.5. The summed E-state index contributed by atoms with van der Waals surface area (Å²) in [5.74, 6) is -0.764. The first-order valence-corrected chi connectivity index (χ1v) is 16.1. The molecule has 1 fully saturated rings. The van der Waals surface area contributed by atoms with Crippen molar-refractivity contribution in [3.05, 3.63) is 82.5 Å². The molecule has 10 nitrogen and oxygen atoms in total. The number of pyridine rings is 1. The predicted molar refractivity (Wildman–Crippen MR) is 183 cm³/mol. The first-order valence-electron chi connectivity index (χ1n) is 15.7. The van der Waals surface area contributed by atoms with Crippen LogP contribution in [0.4, 0.5) is 36.1 Å². The highest BCUT2D eigenvalue weighted by atomic mass is 35.5. The lowest BCUT2D eigenvalue weighted by Gasteiger charge is -2.32. The van der Waals surface area contributed by atoms with Gasteiger partial charge in [0.25, 0.3) is 5.91 Å². The molecule has 2 aliphatic heterocycles. The third kappa shape index (κ3) is 7.83. The molecule has 1 unspecified atom stereocenters. The van der Waals surface area contributed by atoms with Crippen LogP contribution in [0.1, 0.15) is 29.7 Å². The zero-order valence-electron chi connectivity index (χ0n) is 27.9. The zero-order chi connectivity index (χ0) is 35.6. The van der Waals surface area contributed by atoms with Gasteiger partial charge in [0.05, 0.1) is 34.2 Å². The number of anilines is 4. The molecule has 0 aliphatic carbocycles. The number of aryl methyl sites for hydroxylation is 1. The van der Waals surface area contributed by atoms with E-state index in [-0.39, 0.29) is 30.3 Å². The van der Waals surface area contributed by atoms with Crippen LogP contribution in [0.15, 0.2) is 60.7 Å². The fourth-order valence-corrected chi connectivity index (χ4v) is 6.35. The molecular formula is C35H38ClF3N6O4. The van der Waals surface area contributed by atoms with Crippen LogP contribution in [0.25, 0.3) is 0 Å². The molecule has 260 valence electrons. The van der Waals surface area contributed by atoms with Crippen molar-refractivity contribution in [2.24, 2.45) is 0 Å². The van der Waals surface area contributed by atoms with Gasteiger partial charge in [-0.05, 0) is 69.4 Å². The molecule has 0 bridgehead atoms. The first-order chi connectivity index (χ1) is 23.1. The van der Waals surface area contributed by atoms with E-state index >= 15 is 0 Å². The minimum absolute atomic E-state index is 0.0173. The molecule has 3 aromatic rings. The van der Waals surface area contributed by atoms with Crippen molar-refractivity contribution < 1.29 is 32.3 Å². The molecule has 5 rings (SSSR count). The maximum Gasteiger partial charge on any atom is 0.416 e. The Hall–Kier alpha value is -4.62. The quantitative estimate of drug-likeness (QED) is 0.265. The molecule has 3 heterocycles. The van der Waals surface area contributed by atoms with Crippen molar-refractivity contribution in [1.29, 1.82) is 0 Å². The van der Waals surface area contributed by atoms with Crippen molar-refractivity contribution in [3.63, 3.8) is 0 Å². The number of ether oxygens (including phenoxy) is 1. The van der Waals surface area contributed by atoms with Crippen LogP contribution in [-0.4, -0.2) is 81.5 Å². The van der Waals surface area contributed by atoms with Crippen molar-refractivity contribution in [2.75, 3.05) is 67.5 Å². The van der Waals surface area contributed by atoms with Gasteiger partial charge in [-0.3, -0.25) is 19.3 Å². The smallest absolute Gasteiger partial charge is 0.416 e. The zero-order valence-corrected chi connectivity index (χ0v) is 28.7. The standard InChI is InChI=1S/C35H38ClF3N6O4/c1-22-18-24(35(37,38)39)20-30(40-22)45-27(12-14-32(45)47)34(48)43(5)26-9-6-8-25(36)33(26)42(4)21-23-11-13-29-28(19-23)44(16-17-49-29)31(46)10-7-15-41(2)3/h6-11,13,18-20,27H,12,14-17,21H2,1-5H3/b10-7+. The van der Waals surface area contributed by atoms with E-state index in [1.807, 2.05) is 55.2 Å². The minimum Gasteiger partial charge on any atom is -0.490 e. The number of benzene rings is 2. The van der Waals surface area contributed by atoms with Crippen molar-refractivity contribution in [3.8, 4) is 5.75 Å². The molecule has 0 N–H and O–H groups in total. The number of rotatable bonds is 9. The Morgan fingerprint density at radius 3 is 2.57 bits per heavy atom. The third-order valence-electron chi connectivity index (χ3n) is 8.35. The molecule has 14 heteroatoms. The van der Waals surface area contributed by atoms with Crippen LogP contribution in [0, 0.1) is 6.92 Å². The summed E-state index contributed by atoms with van der Waals surface area (Å²) in [6.07, 6.45) is -1.19. The molecule has 3 amide bonds. The van der Waals surface area contributed by atoms with Crippen molar-refractivity contribution in [1.82, 2.24) is 9.88 Å². The van der Waals surface area contributed by atoms with Gasteiger partial charge in [0.1, 0.15) is 24.2 Å². The Labute approximate surface area is 288 Å². The monoisotopic (exact) mass is 698 g/mol. The van der Waals surface area contributed by atoms with Gasteiger partial charge in [-0.15, -0.1) is 0 Å². The number of carbonyl (C=O) groups is 3. The number of alkyl halides is 3. The van der Waals surface area contributed by atoms with Crippen LogP contribution in [0.3, 0.4) is 0 Å². The molecule has 2 aromatic carbocycles. The summed E-state index contributed by atoms with van der Waals surface area (Å²) in [4.78, 5) is 52.2. The lowest BCUT2D eigenvalue weighted by atomic mass is 10.1. The van der Waals surface area contributed by atoms with E-state index in [0.717, 1.165) is 22.6 Å². The number of nitrogens with zero attached hydrogens (tertiary/aromatic N) is 6. The number of hydrogen-bond donors (Lipinski definition) is 0. The Bertz CT molecular complexity index is 1780. The van der Waals surface area contributed by atoms with Crippen LogP contribution >= 0.6 is 11.6 Å².